The third-order valence-electron chi connectivity index (χ3n) is 4.34. The lowest BCUT2D eigenvalue weighted by Gasteiger charge is -2.32. The Hall–Kier alpha value is -2.33. The van der Waals surface area contributed by atoms with Crippen molar-refractivity contribution in [2.45, 2.75) is 39.8 Å². The Morgan fingerprint density at radius 3 is 2.19 bits per heavy atom. The molecule has 0 bridgehead atoms. The topological polar surface area (TPSA) is 49.4 Å². The largest absolute Gasteiger partial charge is 0.355 e. The Morgan fingerprint density at radius 2 is 1.63 bits per heavy atom. The number of amides is 2. The van der Waals surface area contributed by atoms with E-state index in [1.54, 1.807) is 17.0 Å². The van der Waals surface area contributed by atoms with Crippen LogP contribution in [0.15, 0.2) is 54.6 Å². The van der Waals surface area contributed by atoms with Crippen LogP contribution >= 0.6 is 11.6 Å². The maximum absolute atomic E-state index is 13.0. The van der Waals surface area contributed by atoms with Gasteiger partial charge < -0.3 is 10.2 Å². The van der Waals surface area contributed by atoms with E-state index in [0.717, 1.165) is 11.1 Å². The second-order valence-corrected chi connectivity index (χ2v) is 7.28. The minimum Gasteiger partial charge on any atom is -0.355 e. The minimum absolute atomic E-state index is 0.0443. The van der Waals surface area contributed by atoms with Gasteiger partial charge in [-0.3, -0.25) is 9.59 Å². The van der Waals surface area contributed by atoms with Gasteiger partial charge in [-0.1, -0.05) is 67.9 Å². The van der Waals surface area contributed by atoms with Crippen molar-refractivity contribution in [3.63, 3.8) is 0 Å². The van der Waals surface area contributed by atoms with Gasteiger partial charge in [0.25, 0.3) is 0 Å². The lowest BCUT2D eigenvalue weighted by Crippen LogP contribution is -2.51. The first kappa shape index (κ1) is 21.0. The predicted octanol–water partition coefficient (Wildman–Crippen LogP) is 4.07. The van der Waals surface area contributed by atoms with E-state index in [1.165, 1.54) is 0 Å². The maximum Gasteiger partial charge on any atom is 0.243 e. The summed E-state index contributed by atoms with van der Waals surface area (Å²) in [6.07, 6.45) is 0.471. The number of nitrogens with one attached hydrogen (secondary N) is 1. The van der Waals surface area contributed by atoms with Crippen LogP contribution < -0.4 is 5.32 Å². The molecule has 0 fully saturated rings. The van der Waals surface area contributed by atoms with Crippen LogP contribution in [0.1, 0.15) is 31.9 Å². The smallest absolute Gasteiger partial charge is 0.243 e. The van der Waals surface area contributed by atoms with Crippen LogP contribution in [0.4, 0.5) is 0 Å². The SMILES string of the molecule is CCNC(=O)[C@H](Cc1ccccc1)N(Cc1ccc(Cl)cc1)C(=O)C(C)C. The van der Waals surface area contributed by atoms with Crippen molar-refractivity contribution in [1.29, 1.82) is 0 Å². The standard InChI is InChI=1S/C22H27ClN2O2/c1-4-24-21(26)20(14-17-8-6-5-7-9-17)25(22(27)16(2)3)15-18-10-12-19(23)13-11-18/h5-13,16,20H,4,14-15H2,1-3H3,(H,24,26)/t20-/m0/s1. The van der Waals surface area contributed by atoms with E-state index < -0.39 is 6.04 Å². The Labute approximate surface area is 166 Å². The van der Waals surface area contributed by atoms with Crippen molar-refractivity contribution in [2.75, 3.05) is 6.54 Å². The quantitative estimate of drug-likeness (QED) is 0.743. The monoisotopic (exact) mass is 386 g/mol. The lowest BCUT2D eigenvalue weighted by molar-refractivity contribution is -0.143. The number of nitrogens with zero attached hydrogens (tertiary/aromatic N) is 1. The molecule has 144 valence electrons. The Bertz CT molecular complexity index is 745. The number of hydrogen-bond donors (Lipinski definition) is 1. The van der Waals surface area contributed by atoms with E-state index in [-0.39, 0.29) is 17.7 Å². The molecule has 1 atom stereocenters. The zero-order chi connectivity index (χ0) is 19.8. The zero-order valence-electron chi connectivity index (χ0n) is 16.1. The molecular formula is C22H27ClN2O2. The van der Waals surface area contributed by atoms with Crippen LogP contribution in [0.25, 0.3) is 0 Å². The lowest BCUT2D eigenvalue weighted by atomic mass is 10.0. The van der Waals surface area contributed by atoms with Gasteiger partial charge in [-0.25, -0.2) is 0 Å². The molecule has 2 amide bonds. The molecule has 0 unspecified atom stereocenters. The summed E-state index contributed by atoms with van der Waals surface area (Å²) in [5.41, 5.74) is 1.96. The highest BCUT2D eigenvalue weighted by atomic mass is 35.5. The van der Waals surface area contributed by atoms with Crippen molar-refractivity contribution in [2.24, 2.45) is 5.92 Å². The fourth-order valence-electron chi connectivity index (χ4n) is 2.93. The van der Waals surface area contributed by atoms with Crippen LogP contribution in [0.2, 0.25) is 5.02 Å². The third kappa shape index (κ3) is 6.10. The number of hydrogen-bond acceptors (Lipinski definition) is 2. The summed E-state index contributed by atoms with van der Waals surface area (Å²) in [5, 5.41) is 3.52. The first-order valence-electron chi connectivity index (χ1n) is 9.29. The first-order valence-corrected chi connectivity index (χ1v) is 9.66. The van der Waals surface area contributed by atoms with Gasteiger partial charge in [-0.15, -0.1) is 0 Å². The molecule has 2 aromatic rings. The summed E-state index contributed by atoms with van der Waals surface area (Å²) in [5.74, 6) is -0.383. The van der Waals surface area contributed by atoms with Crippen molar-refractivity contribution in [3.8, 4) is 0 Å². The van der Waals surface area contributed by atoms with Crippen LogP contribution in [0.5, 0.6) is 0 Å². The molecule has 0 saturated heterocycles. The summed E-state index contributed by atoms with van der Waals surface area (Å²) in [7, 11) is 0. The summed E-state index contributed by atoms with van der Waals surface area (Å²) in [4.78, 5) is 27.5. The summed E-state index contributed by atoms with van der Waals surface area (Å²) in [6, 6.07) is 16.6. The van der Waals surface area contributed by atoms with Crippen molar-refractivity contribution in [1.82, 2.24) is 10.2 Å². The van der Waals surface area contributed by atoms with Gasteiger partial charge >= 0.3 is 0 Å². The van der Waals surface area contributed by atoms with E-state index >= 15 is 0 Å². The molecule has 27 heavy (non-hydrogen) atoms. The fourth-order valence-corrected chi connectivity index (χ4v) is 3.06. The zero-order valence-corrected chi connectivity index (χ0v) is 16.9. The number of likely N-dealkylation sites (N-methyl/N-ethyl adjacent to an activating group) is 1. The highest BCUT2D eigenvalue weighted by Crippen LogP contribution is 2.18. The van der Waals surface area contributed by atoms with E-state index in [9.17, 15) is 9.59 Å². The third-order valence-corrected chi connectivity index (χ3v) is 4.60. The first-order chi connectivity index (χ1) is 12.9. The van der Waals surface area contributed by atoms with Crippen LogP contribution in [0.3, 0.4) is 0 Å². The minimum atomic E-state index is -0.571. The van der Waals surface area contributed by atoms with Crippen molar-refractivity contribution < 1.29 is 9.59 Å². The maximum atomic E-state index is 13.0. The molecule has 5 heteroatoms. The van der Waals surface area contributed by atoms with Crippen LogP contribution in [0, 0.1) is 5.92 Å². The van der Waals surface area contributed by atoms with Gasteiger partial charge in [0.2, 0.25) is 11.8 Å². The molecule has 2 aromatic carbocycles. The van der Waals surface area contributed by atoms with Gasteiger partial charge in [0, 0.05) is 30.5 Å². The number of carbonyl (C=O) groups excluding carboxylic acids is 2. The summed E-state index contributed by atoms with van der Waals surface area (Å²) < 4.78 is 0. The molecular weight excluding hydrogens is 360 g/mol. The van der Waals surface area contributed by atoms with Gasteiger partial charge in [-0.2, -0.15) is 0 Å². The summed E-state index contributed by atoms with van der Waals surface area (Å²) in [6.45, 7) is 6.48. The number of rotatable bonds is 8. The van der Waals surface area contributed by atoms with E-state index in [0.29, 0.717) is 24.5 Å². The van der Waals surface area contributed by atoms with E-state index in [1.807, 2.05) is 63.2 Å². The summed E-state index contributed by atoms with van der Waals surface area (Å²) >= 11 is 5.98. The molecule has 0 aromatic heterocycles. The average molecular weight is 387 g/mol. The average Bonchev–Trinajstić information content (AvgIpc) is 2.66. The van der Waals surface area contributed by atoms with E-state index in [4.69, 9.17) is 11.6 Å². The molecule has 1 N–H and O–H groups in total. The van der Waals surface area contributed by atoms with Gasteiger partial charge in [0.05, 0.1) is 0 Å². The van der Waals surface area contributed by atoms with Crippen molar-refractivity contribution >= 4 is 23.4 Å². The number of halogens is 1. The van der Waals surface area contributed by atoms with Crippen LogP contribution in [-0.2, 0) is 22.6 Å². The molecule has 0 aliphatic rings. The van der Waals surface area contributed by atoms with Gasteiger partial charge in [0.15, 0.2) is 0 Å². The highest BCUT2D eigenvalue weighted by molar-refractivity contribution is 6.30. The molecule has 2 rings (SSSR count). The molecule has 0 saturated carbocycles. The molecule has 0 aliphatic carbocycles. The fraction of sp³-hybridized carbons (Fsp3) is 0.364. The Morgan fingerprint density at radius 1 is 1.00 bits per heavy atom. The number of benzene rings is 2. The normalized spacial score (nSPS) is 11.9. The molecule has 4 nitrogen and oxygen atoms in total. The van der Waals surface area contributed by atoms with Gasteiger partial charge in [-0.05, 0) is 30.2 Å². The molecule has 0 spiro atoms. The van der Waals surface area contributed by atoms with Crippen LogP contribution in [-0.4, -0.2) is 29.3 Å². The Balaban J connectivity index is 2.36. The molecule has 0 heterocycles. The molecule has 0 radical (unpaired) electrons. The second-order valence-electron chi connectivity index (χ2n) is 6.85. The van der Waals surface area contributed by atoms with E-state index in [2.05, 4.69) is 5.32 Å². The Kier molecular flexibility index (Phi) is 7.86. The highest BCUT2D eigenvalue weighted by Gasteiger charge is 2.31. The van der Waals surface area contributed by atoms with Crippen molar-refractivity contribution in [3.05, 3.63) is 70.7 Å². The molecule has 0 aliphatic heterocycles. The number of carbonyl (C=O) groups is 2. The second kappa shape index (κ2) is 10.1. The van der Waals surface area contributed by atoms with Gasteiger partial charge in [0.1, 0.15) is 6.04 Å². The predicted molar refractivity (Wildman–Crippen MR) is 109 cm³/mol.